The molecule has 6 nitrogen and oxygen atoms in total. The van der Waals surface area contributed by atoms with Crippen LogP contribution in [0.1, 0.15) is 52.4 Å². The maximum atomic E-state index is 12.5. The lowest BCUT2D eigenvalue weighted by atomic mass is 9.79. The molecule has 2 fully saturated rings. The van der Waals surface area contributed by atoms with Crippen molar-refractivity contribution in [2.45, 2.75) is 64.5 Å². The molecule has 0 aromatic heterocycles. The van der Waals surface area contributed by atoms with Crippen molar-refractivity contribution >= 4 is 16.2 Å². The minimum atomic E-state index is -3.72. The molecule has 1 heterocycles. The van der Waals surface area contributed by atoms with Gasteiger partial charge in [0.25, 0.3) is 10.2 Å². The number of nitrogens with one attached hydrogen (secondary N) is 1. The molecular weight excluding hydrogens is 292 g/mol. The van der Waals surface area contributed by atoms with Crippen LogP contribution in [0.4, 0.5) is 0 Å². The fourth-order valence-corrected chi connectivity index (χ4v) is 5.04. The Labute approximate surface area is 127 Å². The quantitative estimate of drug-likeness (QED) is 0.824. The first kappa shape index (κ1) is 16.7. The summed E-state index contributed by atoms with van der Waals surface area (Å²) in [5.74, 6) is 0.0568. The summed E-state index contributed by atoms with van der Waals surface area (Å²) >= 11 is 0. The zero-order valence-corrected chi connectivity index (χ0v) is 13.6. The van der Waals surface area contributed by atoms with E-state index in [-0.39, 0.29) is 6.04 Å². The van der Waals surface area contributed by atoms with Crippen LogP contribution >= 0.6 is 0 Å². The molecule has 1 saturated heterocycles. The van der Waals surface area contributed by atoms with Crippen LogP contribution in [0.25, 0.3) is 0 Å². The second-order valence-corrected chi connectivity index (χ2v) is 8.20. The number of hydrogen-bond acceptors (Lipinski definition) is 3. The Morgan fingerprint density at radius 2 is 1.86 bits per heavy atom. The summed E-state index contributed by atoms with van der Waals surface area (Å²) in [7, 11) is -3.72. The zero-order valence-electron chi connectivity index (χ0n) is 12.8. The number of carboxylic acids is 1. The van der Waals surface area contributed by atoms with Crippen molar-refractivity contribution in [2.24, 2.45) is 11.8 Å². The van der Waals surface area contributed by atoms with E-state index in [1.54, 1.807) is 0 Å². The fourth-order valence-electron chi connectivity index (χ4n) is 3.37. The van der Waals surface area contributed by atoms with Gasteiger partial charge in [-0.3, -0.25) is 4.79 Å². The Hall–Kier alpha value is -0.660. The molecule has 2 N–H and O–H groups in total. The van der Waals surface area contributed by atoms with Crippen LogP contribution in [0, 0.1) is 11.8 Å². The van der Waals surface area contributed by atoms with Crippen molar-refractivity contribution < 1.29 is 18.3 Å². The van der Waals surface area contributed by atoms with E-state index in [9.17, 15) is 18.3 Å². The number of rotatable bonds is 4. The van der Waals surface area contributed by atoms with Gasteiger partial charge in [0.15, 0.2) is 0 Å². The topological polar surface area (TPSA) is 86.7 Å². The summed E-state index contributed by atoms with van der Waals surface area (Å²) in [6.45, 7) is 4.64. The molecule has 0 radical (unpaired) electrons. The monoisotopic (exact) mass is 318 g/mol. The largest absolute Gasteiger partial charge is 0.480 e. The minimum absolute atomic E-state index is 0.0717. The predicted octanol–water partition coefficient (Wildman–Crippen LogP) is 1.58. The highest BCUT2D eigenvalue weighted by Crippen LogP contribution is 2.30. The Morgan fingerprint density at radius 3 is 2.48 bits per heavy atom. The Balaban J connectivity index is 2.05. The van der Waals surface area contributed by atoms with Gasteiger partial charge in [-0.05, 0) is 50.4 Å². The number of nitrogens with zero attached hydrogens (tertiary/aromatic N) is 1. The van der Waals surface area contributed by atoms with Crippen molar-refractivity contribution in [3.63, 3.8) is 0 Å². The predicted molar refractivity (Wildman–Crippen MR) is 80.0 cm³/mol. The number of carboxylic acid groups (broad SMARTS) is 1. The van der Waals surface area contributed by atoms with E-state index in [0.29, 0.717) is 24.8 Å². The van der Waals surface area contributed by atoms with E-state index in [1.165, 1.54) is 0 Å². The summed E-state index contributed by atoms with van der Waals surface area (Å²) in [6, 6.07) is -0.992. The van der Waals surface area contributed by atoms with Gasteiger partial charge in [0.1, 0.15) is 6.04 Å². The molecule has 0 amide bonds. The van der Waals surface area contributed by atoms with Crippen molar-refractivity contribution in [1.82, 2.24) is 9.03 Å². The second kappa shape index (κ2) is 6.62. The number of piperidine rings is 1. The third-order valence-electron chi connectivity index (χ3n) is 4.96. The van der Waals surface area contributed by atoms with Crippen molar-refractivity contribution in [3.8, 4) is 0 Å². The van der Waals surface area contributed by atoms with E-state index < -0.39 is 22.2 Å². The van der Waals surface area contributed by atoms with Gasteiger partial charge in [0.05, 0.1) is 0 Å². The van der Waals surface area contributed by atoms with Gasteiger partial charge in [-0.15, -0.1) is 0 Å². The minimum Gasteiger partial charge on any atom is -0.480 e. The van der Waals surface area contributed by atoms with Crippen LogP contribution < -0.4 is 4.72 Å². The number of aliphatic carboxylic acids is 1. The average molecular weight is 318 g/mol. The molecule has 0 spiro atoms. The summed E-state index contributed by atoms with van der Waals surface area (Å²) in [5, 5.41) is 9.22. The molecule has 2 rings (SSSR count). The number of carbonyl (C=O) groups is 1. The lowest BCUT2D eigenvalue weighted by molar-refractivity contribution is -0.142. The fraction of sp³-hybridized carbons (Fsp3) is 0.929. The van der Waals surface area contributed by atoms with Crippen LogP contribution in [0.2, 0.25) is 0 Å². The van der Waals surface area contributed by atoms with Gasteiger partial charge in [0, 0.05) is 12.6 Å². The van der Waals surface area contributed by atoms with E-state index in [0.717, 1.165) is 36.4 Å². The second-order valence-electron chi connectivity index (χ2n) is 6.55. The van der Waals surface area contributed by atoms with Crippen LogP contribution in [-0.2, 0) is 15.0 Å². The Kier molecular flexibility index (Phi) is 5.27. The molecule has 1 aliphatic carbocycles. The highest BCUT2D eigenvalue weighted by atomic mass is 32.2. The van der Waals surface area contributed by atoms with Gasteiger partial charge in [-0.25, -0.2) is 0 Å². The molecule has 21 heavy (non-hydrogen) atoms. The normalized spacial score (nSPS) is 35.5. The maximum absolute atomic E-state index is 12.5. The highest BCUT2D eigenvalue weighted by Gasteiger charge is 2.38. The smallest absolute Gasteiger partial charge is 0.322 e. The molecule has 7 heteroatoms. The maximum Gasteiger partial charge on any atom is 0.322 e. The molecule has 0 aromatic carbocycles. The first-order valence-electron chi connectivity index (χ1n) is 7.83. The SMILES string of the molecule is CC1CCC(NS(=O)(=O)N2CCCCC2C(=O)O)CC1C. The first-order chi connectivity index (χ1) is 9.81. The lowest BCUT2D eigenvalue weighted by Crippen LogP contribution is -2.54. The van der Waals surface area contributed by atoms with Crippen LogP contribution in [0.15, 0.2) is 0 Å². The molecule has 0 bridgehead atoms. The molecule has 4 unspecified atom stereocenters. The van der Waals surface area contributed by atoms with E-state index in [2.05, 4.69) is 18.6 Å². The van der Waals surface area contributed by atoms with Crippen molar-refractivity contribution in [3.05, 3.63) is 0 Å². The summed E-state index contributed by atoms with van der Waals surface area (Å²) in [5.41, 5.74) is 0. The van der Waals surface area contributed by atoms with Crippen molar-refractivity contribution in [1.29, 1.82) is 0 Å². The lowest BCUT2D eigenvalue weighted by Gasteiger charge is -2.36. The summed E-state index contributed by atoms with van der Waals surface area (Å²) in [6.07, 6.45) is 4.55. The van der Waals surface area contributed by atoms with Crippen LogP contribution in [0.5, 0.6) is 0 Å². The van der Waals surface area contributed by atoms with Gasteiger partial charge < -0.3 is 5.11 Å². The summed E-state index contributed by atoms with van der Waals surface area (Å²) < 4.78 is 28.9. The van der Waals surface area contributed by atoms with Gasteiger partial charge in [-0.2, -0.15) is 17.4 Å². The van der Waals surface area contributed by atoms with E-state index in [1.807, 2.05) is 0 Å². The van der Waals surface area contributed by atoms with Crippen LogP contribution in [0.3, 0.4) is 0 Å². The molecule has 0 aromatic rings. The van der Waals surface area contributed by atoms with Crippen LogP contribution in [-0.4, -0.2) is 42.4 Å². The summed E-state index contributed by atoms with van der Waals surface area (Å²) in [4.78, 5) is 11.3. The van der Waals surface area contributed by atoms with E-state index in [4.69, 9.17) is 0 Å². The molecule has 2 aliphatic rings. The standard InChI is InChI=1S/C14H26N2O4S/c1-10-6-7-12(9-11(10)2)15-21(19,20)16-8-4-3-5-13(16)14(17)18/h10-13,15H,3-9H2,1-2H3,(H,17,18). The third kappa shape index (κ3) is 3.96. The van der Waals surface area contributed by atoms with E-state index >= 15 is 0 Å². The Morgan fingerprint density at radius 1 is 1.14 bits per heavy atom. The molecular formula is C14H26N2O4S. The highest BCUT2D eigenvalue weighted by molar-refractivity contribution is 7.87. The average Bonchev–Trinajstić information content (AvgIpc) is 2.42. The molecule has 122 valence electrons. The molecule has 1 aliphatic heterocycles. The molecule has 1 saturated carbocycles. The van der Waals surface area contributed by atoms with Gasteiger partial charge in [-0.1, -0.05) is 13.8 Å². The Bertz CT molecular complexity index is 479. The first-order valence-corrected chi connectivity index (χ1v) is 9.27. The third-order valence-corrected chi connectivity index (χ3v) is 6.65. The molecule has 4 atom stereocenters. The van der Waals surface area contributed by atoms with Gasteiger partial charge >= 0.3 is 5.97 Å². The zero-order chi connectivity index (χ0) is 15.6. The number of hydrogen-bond donors (Lipinski definition) is 2. The van der Waals surface area contributed by atoms with Gasteiger partial charge in [0.2, 0.25) is 0 Å². The van der Waals surface area contributed by atoms with Crippen molar-refractivity contribution in [2.75, 3.05) is 6.54 Å².